The number of ether oxygens (including phenoxy) is 1. The van der Waals surface area contributed by atoms with Crippen molar-refractivity contribution in [2.24, 2.45) is 5.73 Å². The van der Waals surface area contributed by atoms with Crippen molar-refractivity contribution >= 4 is 17.6 Å². The van der Waals surface area contributed by atoms with Crippen LogP contribution < -0.4 is 16.2 Å². The maximum Gasteiger partial charge on any atom is 0.161 e. The van der Waals surface area contributed by atoms with E-state index in [-0.39, 0.29) is 22.7 Å². The highest BCUT2D eigenvalue weighted by atomic mass is 32.2. The van der Waals surface area contributed by atoms with Gasteiger partial charge in [-0.25, -0.2) is 4.98 Å². The van der Waals surface area contributed by atoms with Gasteiger partial charge in [-0.2, -0.15) is 10.5 Å². The summed E-state index contributed by atoms with van der Waals surface area (Å²) in [6.45, 7) is 2.61. The van der Waals surface area contributed by atoms with E-state index in [9.17, 15) is 10.5 Å². The molecule has 0 amide bonds. The van der Waals surface area contributed by atoms with E-state index in [1.165, 1.54) is 11.8 Å². The van der Waals surface area contributed by atoms with Gasteiger partial charge in [-0.1, -0.05) is 24.3 Å². The number of anilines is 1. The first-order valence-electron chi connectivity index (χ1n) is 7.31. The SMILES string of the molecule is CCOc1c(C#N)c(N)nc(SCc2ccc(CN)cc2)c1C#N. The van der Waals surface area contributed by atoms with Gasteiger partial charge in [0.05, 0.1) is 6.61 Å². The third kappa shape index (κ3) is 3.77. The molecule has 0 unspecified atom stereocenters. The number of hydrogen-bond acceptors (Lipinski definition) is 7. The number of nitriles is 2. The number of rotatable bonds is 6. The summed E-state index contributed by atoms with van der Waals surface area (Å²) in [5, 5.41) is 19.1. The van der Waals surface area contributed by atoms with Crippen LogP contribution in [0, 0.1) is 22.7 Å². The molecular weight excluding hydrogens is 322 g/mol. The van der Waals surface area contributed by atoms with Gasteiger partial charge in [0.25, 0.3) is 0 Å². The summed E-state index contributed by atoms with van der Waals surface area (Å²) in [6, 6.07) is 11.9. The van der Waals surface area contributed by atoms with E-state index in [1.807, 2.05) is 30.3 Å². The number of nitrogens with zero attached hydrogens (tertiary/aromatic N) is 3. The van der Waals surface area contributed by atoms with Crippen LogP contribution in [0.4, 0.5) is 5.82 Å². The molecule has 6 nitrogen and oxygen atoms in total. The third-order valence-corrected chi connectivity index (χ3v) is 4.34. The highest BCUT2D eigenvalue weighted by Crippen LogP contribution is 2.35. The van der Waals surface area contributed by atoms with Crippen molar-refractivity contribution < 1.29 is 4.74 Å². The summed E-state index contributed by atoms with van der Waals surface area (Å²) >= 11 is 1.38. The normalized spacial score (nSPS) is 10.0. The van der Waals surface area contributed by atoms with Crippen molar-refractivity contribution in [3.8, 4) is 17.9 Å². The van der Waals surface area contributed by atoms with Crippen molar-refractivity contribution in [3.05, 3.63) is 46.5 Å². The molecule has 7 heteroatoms. The Labute approximate surface area is 145 Å². The molecule has 0 saturated carbocycles. The van der Waals surface area contributed by atoms with Crippen molar-refractivity contribution in [1.29, 1.82) is 10.5 Å². The molecule has 0 radical (unpaired) electrons. The Morgan fingerprint density at radius 3 is 2.29 bits per heavy atom. The topological polar surface area (TPSA) is 122 Å². The van der Waals surface area contributed by atoms with Crippen molar-refractivity contribution in [2.45, 2.75) is 24.2 Å². The maximum absolute atomic E-state index is 9.45. The molecule has 1 aromatic carbocycles. The molecule has 24 heavy (non-hydrogen) atoms. The minimum absolute atomic E-state index is 0.0703. The summed E-state index contributed by atoms with van der Waals surface area (Å²) in [5.41, 5.74) is 13.9. The second-order valence-electron chi connectivity index (χ2n) is 4.85. The van der Waals surface area contributed by atoms with E-state index in [1.54, 1.807) is 6.92 Å². The molecular formula is C17H17N5OS. The zero-order valence-electron chi connectivity index (χ0n) is 13.2. The number of nitrogen functional groups attached to an aromatic ring is 1. The van der Waals surface area contributed by atoms with Gasteiger partial charge in [0.15, 0.2) is 5.75 Å². The fourth-order valence-electron chi connectivity index (χ4n) is 2.08. The third-order valence-electron chi connectivity index (χ3n) is 3.29. The van der Waals surface area contributed by atoms with Crippen LogP contribution in [-0.4, -0.2) is 11.6 Å². The molecule has 0 aliphatic rings. The summed E-state index contributed by atoms with van der Waals surface area (Å²) in [5.74, 6) is 0.889. The van der Waals surface area contributed by atoms with Crippen LogP contribution >= 0.6 is 11.8 Å². The molecule has 2 aromatic rings. The minimum atomic E-state index is 0.0703. The van der Waals surface area contributed by atoms with E-state index in [2.05, 4.69) is 11.1 Å². The number of hydrogen-bond donors (Lipinski definition) is 2. The second kappa shape index (κ2) is 8.21. The van der Waals surface area contributed by atoms with Gasteiger partial charge in [0, 0.05) is 12.3 Å². The Kier molecular flexibility index (Phi) is 6.02. The number of pyridine rings is 1. The monoisotopic (exact) mass is 339 g/mol. The maximum atomic E-state index is 9.45. The number of aromatic nitrogens is 1. The van der Waals surface area contributed by atoms with Gasteiger partial charge in [-0.05, 0) is 18.1 Å². The lowest BCUT2D eigenvalue weighted by molar-refractivity contribution is 0.337. The van der Waals surface area contributed by atoms with Crippen LogP contribution in [0.25, 0.3) is 0 Å². The molecule has 1 heterocycles. The van der Waals surface area contributed by atoms with E-state index in [4.69, 9.17) is 16.2 Å². The highest BCUT2D eigenvalue weighted by molar-refractivity contribution is 7.98. The van der Waals surface area contributed by atoms with E-state index in [0.29, 0.717) is 23.9 Å². The molecule has 2 rings (SSSR count). The average molecular weight is 339 g/mol. The van der Waals surface area contributed by atoms with Crippen molar-refractivity contribution in [2.75, 3.05) is 12.3 Å². The fraction of sp³-hybridized carbons (Fsp3) is 0.235. The average Bonchev–Trinajstić information content (AvgIpc) is 2.60. The van der Waals surface area contributed by atoms with Gasteiger partial charge in [0.1, 0.15) is 34.1 Å². The second-order valence-corrected chi connectivity index (χ2v) is 5.81. The molecule has 0 aliphatic heterocycles. The Morgan fingerprint density at radius 1 is 1.12 bits per heavy atom. The number of thioether (sulfide) groups is 1. The highest BCUT2D eigenvalue weighted by Gasteiger charge is 2.20. The smallest absolute Gasteiger partial charge is 0.161 e. The van der Waals surface area contributed by atoms with E-state index < -0.39 is 0 Å². The first kappa shape index (κ1) is 17.6. The van der Waals surface area contributed by atoms with Gasteiger partial charge in [-0.3, -0.25) is 0 Å². The van der Waals surface area contributed by atoms with Crippen LogP contribution in [0.2, 0.25) is 0 Å². The first-order chi connectivity index (χ1) is 11.6. The summed E-state index contributed by atoms with van der Waals surface area (Å²) in [6.07, 6.45) is 0. The minimum Gasteiger partial charge on any atom is -0.491 e. The lowest BCUT2D eigenvalue weighted by Gasteiger charge is -2.12. The van der Waals surface area contributed by atoms with Gasteiger partial charge >= 0.3 is 0 Å². The van der Waals surface area contributed by atoms with Crippen LogP contribution in [0.5, 0.6) is 5.75 Å². The molecule has 0 atom stereocenters. The number of nitrogens with two attached hydrogens (primary N) is 2. The summed E-state index contributed by atoms with van der Waals surface area (Å²) in [4.78, 5) is 4.20. The molecule has 0 spiro atoms. The predicted molar refractivity (Wildman–Crippen MR) is 93.1 cm³/mol. The molecule has 122 valence electrons. The van der Waals surface area contributed by atoms with Crippen molar-refractivity contribution in [1.82, 2.24) is 4.98 Å². The van der Waals surface area contributed by atoms with Crippen LogP contribution in [0.1, 0.15) is 29.2 Å². The standard InChI is InChI=1S/C17H17N5OS/c1-2-23-15-13(8-19)16(21)22-17(14(15)9-20)24-10-12-5-3-11(7-18)4-6-12/h3-6H,2,7,10,18H2,1H3,(H2,21,22). The number of benzene rings is 1. The molecule has 0 saturated heterocycles. The Hall–Kier alpha value is -2.74. The van der Waals surface area contributed by atoms with Crippen LogP contribution in [-0.2, 0) is 12.3 Å². The zero-order chi connectivity index (χ0) is 17.5. The molecule has 0 aliphatic carbocycles. The largest absolute Gasteiger partial charge is 0.491 e. The lowest BCUT2D eigenvalue weighted by atomic mass is 10.1. The predicted octanol–water partition coefficient (Wildman–Crippen LogP) is 2.56. The van der Waals surface area contributed by atoms with Gasteiger partial charge < -0.3 is 16.2 Å². The van der Waals surface area contributed by atoms with E-state index in [0.717, 1.165) is 11.1 Å². The summed E-state index contributed by atoms with van der Waals surface area (Å²) in [7, 11) is 0. The zero-order valence-corrected chi connectivity index (χ0v) is 14.1. The molecule has 0 bridgehead atoms. The first-order valence-corrected chi connectivity index (χ1v) is 8.30. The van der Waals surface area contributed by atoms with Crippen molar-refractivity contribution in [3.63, 3.8) is 0 Å². The Morgan fingerprint density at radius 2 is 1.75 bits per heavy atom. The summed E-state index contributed by atoms with van der Waals surface area (Å²) < 4.78 is 5.46. The molecule has 4 N–H and O–H groups in total. The lowest BCUT2D eigenvalue weighted by Crippen LogP contribution is -2.05. The molecule has 0 fully saturated rings. The van der Waals surface area contributed by atoms with Gasteiger partial charge in [0.2, 0.25) is 0 Å². The van der Waals surface area contributed by atoms with E-state index >= 15 is 0 Å². The molecule has 1 aromatic heterocycles. The van der Waals surface area contributed by atoms with Crippen LogP contribution in [0.15, 0.2) is 29.3 Å². The fourth-order valence-corrected chi connectivity index (χ4v) is 3.02. The van der Waals surface area contributed by atoms with Gasteiger partial charge in [-0.15, -0.1) is 11.8 Å². The quantitative estimate of drug-likeness (QED) is 0.775. The van der Waals surface area contributed by atoms with Crippen LogP contribution in [0.3, 0.4) is 0 Å². The Balaban J connectivity index is 2.32. The Bertz CT molecular complexity index is 806.